The van der Waals surface area contributed by atoms with Crippen molar-refractivity contribution in [3.05, 3.63) is 107 Å². The monoisotopic (exact) mass is 516 g/mol. The summed E-state index contributed by atoms with van der Waals surface area (Å²) in [4.78, 5) is 28.9. The van der Waals surface area contributed by atoms with Gasteiger partial charge in [0.15, 0.2) is 0 Å². The Morgan fingerprint density at radius 1 is 0.842 bits per heavy atom. The smallest absolute Gasteiger partial charge is 0.243 e. The van der Waals surface area contributed by atoms with Crippen LogP contribution < -0.4 is 5.32 Å². The van der Waals surface area contributed by atoms with Gasteiger partial charge in [0.1, 0.15) is 11.9 Å². The van der Waals surface area contributed by atoms with Crippen molar-refractivity contribution in [2.45, 2.75) is 71.9 Å². The predicted octanol–water partition coefficient (Wildman–Crippen LogP) is 6.47. The van der Waals surface area contributed by atoms with E-state index in [4.69, 9.17) is 0 Å². The van der Waals surface area contributed by atoms with E-state index in [1.807, 2.05) is 44.2 Å². The molecule has 5 heteroatoms. The molecule has 38 heavy (non-hydrogen) atoms. The summed E-state index contributed by atoms with van der Waals surface area (Å²) < 4.78 is 13.6. The highest BCUT2D eigenvalue weighted by atomic mass is 19.1. The molecule has 1 N–H and O–H groups in total. The van der Waals surface area contributed by atoms with Gasteiger partial charge in [0.2, 0.25) is 11.8 Å². The lowest BCUT2D eigenvalue weighted by Crippen LogP contribution is -2.51. The predicted molar refractivity (Wildman–Crippen MR) is 152 cm³/mol. The van der Waals surface area contributed by atoms with Crippen LogP contribution in [-0.4, -0.2) is 29.3 Å². The van der Waals surface area contributed by atoms with E-state index in [2.05, 4.69) is 50.4 Å². The Morgan fingerprint density at radius 2 is 1.45 bits per heavy atom. The summed E-state index contributed by atoms with van der Waals surface area (Å²) >= 11 is 0. The highest BCUT2D eigenvalue weighted by Gasteiger charge is 2.30. The second kappa shape index (κ2) is 13.4. The van der Waals surface area contributed by atoms with Crippen molar-refractivity contribution in [2.75, 3.05) is 6.54 Å². The molecule has 1 atom stereocenters. The molecule has 0 aliphatic heterocycles. The van der Waals surface area contributed by atoms with Gasteiger partial charge < -0.3 is 10.2 Å². The van der Waals surface area contributed by atoms with Crippen LogP contribution in [0, 0.1) is 11.7 Å². The van der Waals surface area contributed by atoms with E-state index < -0.39 is 6.04 Å². The third-order valence-electron chi connectivity index (χ3n) is 6.67. The molecule has 3 aromatic carbocycles. The zero-order valence-electron chi connectivity index (χ0n) is 23.3. The number of rotatable bonds is 11. The van der Waals surface area contributed by atoms with Crippen LogP contribution in [0.3, 0.4) is 0 Å². The number of hydrogen-bond donors (Lipinski definition) is 1. The van der Waals surface area contributed by atoms with Gasteiger partial charge in [-0.15, -0.1) is 0 Å². The fourth-order valence-electron chi connectivity index (χ4n) is 4.33. The van der Waals surface area contributed by atoms with Gasteiger partial charge in [-0.1, -0.05) is 101 Å². The minimum Gasteiger partial charge on any atom is -0.354 e. The summed E-state index contributed by atoms with van der Waals surface area (Å²) in [5, 5.41) is 3.03. The summed E-state index contributed by atoms with van der Waals surface area (Å²) in [6.45, 7) is 11.4. The first-order chi connectivity index (χ1) is 18.0. The molecular formula is C33H41FN2O2. The first kappa shape index (κ1) is 29.1. The maximum absolute atomic E-state index is 13.8. The van der Waals surface area contributed by atoms with E-state index in [9.17, 15) is 14.0 Å². The number of benzene rings is 3. The minimum atomic E-state index is -0.683. The fraction of sp³-hybridized carbons (Fsp3) is 0.394. The van der Waals surface area contributed by atoms with Crippen LogP contribution >= 0.6 is 0 Å². The fourth-order valence-corrected chi connectivity index (χ4v) is 4.33. The minimum absolute atomic E-state index is 0.0638. The molecule has 0 spiro atoms. The van der Waals surface area contributed by atoms with E-state index in [0.29, 0.717) is 19.4 Å². The number of nitrogens with one attached hydrogen (secondary N) is 1. The molecule has 0 saturated carbocycles. The van der Waals surface area contributed by atoms with E-state index >= 15 is 0 Å². The van der Waals surface area contributed by atoms with Gasteiger partial charge in [-0.05, 0) is 52.1 Å². The Bertz CT molecular complexity index is 1170. The van der Waals surface area contributed by atoms with Gasteiger partial charge in [-0.25, -0.2) is 4.39 Å². The first-order valence-corrected chi connectivity index (χ1v) is 13.5. The standard InChI is InChI=1S/C33H41FN2O2/c1-24(2)22-35-32(38)30(21-26-9-7-6-8-10-26)36(23-27-13-18-29(34)19-14-27)31(37)20-15-25-11-16-28(17-12-25)33(3,4)5/h6-14,16-19,24,30H,15,20-23H2,1-5H3,(H,35,38). The van der Waals surface area contributed by atoms with Crippen LogP contribution in [0.4, 0.5) is 4.39 Å². The van der Waals surface area contributed by atoms with Gasteiger partial charge in [-0.2, -0.15) is 0 Å². The van der Waals surface area contributed by atoms with Gasteiger partial charge in [0.05, 0.1) is 0 Å². The molecule has 1 unspecified atom stereocenters. The Balaban J connectivity index is 1.87. The highest BCUT2D eigenvalue weighted by molar-refractivity contribution is 5.88. The molecular weight excluding hydrogens is 475 g/mol. The third kappa shape index (κ3) is 8.83. The molecule has 0 fully saturated rings. The number of amides is 2. The molecule has 202 valence electrons. The number of halogens is 1. The SMILES string of the molecule is CC(C)CNC(=O)C(Cc1ccccc1)N(Cc1ccc(F)cc1)C(=O)CCc1ccc(C(C)(C)C)cc1. The van der Waals surface area contributed by atoms with Crippen LogP contribution in [0.15, 0.2) is 78.9 Å². The Morgan fingerprint density at radius 3 is 2.03 bits per heavy atom. The number of hydrogen-bond acceptors (Lipinski definition) is 2. The Hall–Kier alpha value is -3.47. The maximum Gasteiger partial charge on any atom is 0.243 e. The molecule has 0 heterocycles. The molecule has 0 radical (unpaired) electrons. The maximum atomic E-state index is 13.8. The largest absolute Gasteiger partial charge is 0.354 e. The second-order valence-corrected chi connectivity index (χ2v) is 11.4. The van der Waals surface area contributed by atoms with E-state index in [1.54, 1.807) is 17.0 Å². The molecule has 3 rings (SSSR count). The number of nitrogens with zero attached hydrogens (tertiary/aromatic N) is 1. The zero-order valence-corrected chi connectivity index (χ0v) is 23.3. The average Bonchev–Trinajstić information content (AvgIpc) is 2.89. The van der Waals surface area contributed by atoms with Crippen molar-refractivity contribution in [2.24, 2.45) is 5.92 Å². The molecule has 0 saturated heterocycles. The Labute approximate surface area is 227 Å². The molecule has 3 aromatic rings. The van der Waals surface area contributed by atoms with Crippen LogP contribution in [-0.2, 0) is 34.4 Å². The van der Waals surface area contributed by atoms with Crippen LogP contribution in [0.5, 0.6) is 0 Å². The summed E-state index contributed by atoms with van der Waals surface area (Å²) in [7, 11) is 0. The molecule has 0 aromatic heterocycles. The highest BCUT2D eigenvalue weighted by Crippen LogP contribution is 2.23. The van der Waals surface area contributed by atoms with Gasteiger partial charge in [-0.3, -0.25) is 9.59 Å². The molecule has 0 aliphatic rings. The lowest BCUT2D eigenvalue weighted by molar-refractivity contribution is -0.141. The molecule has 4 nitrogen and oxygen atoms in total. The zero-order chi connectivity index (χ0) is 27.7. The van der Waals surface area contributed by atoms with Crippen molar-refractivity contribution in [3.63, 3.8) is 0 Å². The quantitative estimate of drug-likeness (QED) is 0.318. The van der Waals surface area contributed by atoms with Crippen LogP contribution in [0.1, 0.15) is 63.3 Å². The normalized spacial score (nSPS) is 12.3. The lowest BCUT2D eigenvalue weighted by atomic mass is 9.86. The van der Waals surface area contributed by atoms with E-state index in [0.717, 1.165) is 16.7 Å². The number of carbonyl (C=O) groups is 2. The van der Waals surface area contributed by atoms with Crippen molar-refractivity contribution in [3.8, 4) is 0 Å². The van der Waals surface area contributed by atoms with Crippen LogP contribution in [0.2, 0.25) is 0 Å². The molecule has 0 aliphatic carbocycles. The van der Waals surface area contributed by atoms with Gasteiger partial charge in [0.25, 0.3) is 0 Å². The van der Waals surface area contributed by atoms with E-state index in [1.165, 1.54) is 17.7 Å². The summed E-state index contributed by atoms with van der Waals surface area (Å²) in [5.74, 6) is -0.322. The average molecular weight is 517 g/mol. The Kier molecular flexibility index (Phi) is 10.2. The van der Waals surface area contributed by atoms with Gasteiger partial charge in [0, 0.05) is 25.9 Å². The van der Waals surface area contributed by atoms with Gasteiger partial charge >= 0.3 is 0 Å². The van der Waals surface area contributed by atoms with Crippen molar-refractivity contribution >= 4 is 11.8 Å². The van der Waals surface area contributed by atoms with Crippen molar-refractivity contribution in [1.82, 2.24) is 10.2 Å². The molecule has 2 amide bonds. The van der Waals surface area contributed by atoms with Crippen LogP contribution in [0.25, 0.3) is 0 Å². The third-order valence-corrected chi connectivity index (χ3v) is 6.67. The topological polar surface area (TPSA) is 49.4 Å². The number of aryl methyl sites for hydroxylation is 1. The lowest BCUT2D eigenvalue weighted by Gasteiger charge is -2.32. The molecule has 0 bridgehead atoms. The first-order valence-electron chi connectivity index (χ1n) is 13.5. The second-order valence-electron chi connectivity index (χ2n) is 11.4. The van der Waals surface area contributed by atoms with E-state index in [-0.39, 0.29) is 41.9 Å². The summed E-state index contributed by atoms with van der Waals surface area (Å²) in [6, 6.07) is 23.6. The number of carbonyl (C=O) groups excluding carboxylic acids is 2. The summed E-state index contributed by atoms with van der Waals surface area (Å²) in [5.41, 5.74) is 4.15. The summed E-state index contributed by atoms with van der Waals surface area (Å²) in [6.07, 6.45) is 1.26. The van der Waals surface area contributed by atoms with Crippen molar-refractivity contribution in [1.29, 1.82) is 0 Å². The van der Waals surface area contributed by atoms with Crippen molar-refractivity contribution < 1.29 is 14.0 Å².